The predicted molar refractivity (Wildman–Crippen MR) is 97.3 cm³/mol. The first-order valence-electron chi connectivity index (χ1n) is 8.10. The van der Waals surface area contributed by atoms with Gasteiger partial charge in [-0.25, -0.2) is 13.9 Å². The van der Waals surface area contributed by atoms with Gasteiger partial charge in [-0.1, -0.05) is 12.1 Å². The van der Waals surface area contributed by atoms with E-state index in [1.54, 1.807) is 24.3 Å². The van der Waals surface area contributed by atoms with Gasteiger partial charge in [0.05, 0.1) is 6.54 Å². The molecular weight excluding hydrogens is 356 g/mol. The van der Waals surface area contributed by atoms with E-state index in [0.717, 1.165) is 13.8 Å². The maximum atomic E-state index is 12.3. The van der Waals surface area contributed by atoms with Gasteiger partial charge < -0.3 is 9.84 Å². The molecular formula is C17H22N4O4S. The molecule has 2 heterocycles. The van der Waals surface area contributed by atoms with E-state index in [9.17, 15) is 13.5 Å². The highest BCUT2D eigenvalue weighted by molar-refractivity contribution is 7.87. The van der Waals surface area contributed by atoms with Gasteiger partial charge in [0.15, 0.2) is 5.82 Å². The monoisotopic (exact) mass is 378 g/mol. The van der Waals surface area contributed by atoms with Gasteiger partial charge in [0.2, 0.25) is 5.90 Å². The number of aliphatic hydroxyl groups is 1. The van der Waals surface area contributed by atoms with Crippen LogP contribution < -0.4 is 0 Å². The fraction of sp³-hybridized carbons (Fsp3) is 0.412. The second kappa shape index (κ2) is 6.49. The summed E-state index contributed by atoms with van der Waals surface area (Å²) < 4.78 is 32.5. The standard InChI is InChI=1S/C17H22N4O4S/c1-17(2)11-19-16(25-17)13-7-5-12(6-8-13)14(22)15-18-9-10-21(15)26(23,24)20(3)4/h5-10,14,22H,11H2,1-4H3. The Kier molecular flexibility index (Phi) is 4.63. The summed E-state index contributed by atoms with van der Waals surface area (Å²) >= 11 is 0. The predicted octanol–water partition coefficient (Wildman–Crippen LogP) is 1.17. The zero-order valence-corrected chi connectivity index (χ0v) is 15.9. The van der Waals surface area contributed by atoms with E-state index in [1.165, 1.54) is 26.5 Å². The number of aromatic nitrogens is 2. The van der Waals surface area contributed by atoms with Crippen LogP contribution in [0.25, 0.3) is 0 Å². The molecule has 1 atom stereocenters. The Morgan fingerprint density at radius 1 is 1.27 bits per heavy atom. The van der Waals surface area contributed by atoms with E-state index in [1.807, 2.05) is 13.8 Å². The minimum Gasteiger partial charge on any atom is -0.469 e. The van der Waals surface area contributed by atoms with Crippen molar-refractivity contribution in [3.63, 3.8) is 0 Å². The maximum absolute atomic E-state index is 12.3. The smallest absolute Gasteiger partial charge is 0.308 e. The lowest BCUT2D eigenvalue weighted by molar-refractivity contribution is 0.131. The first kappa shape index (κ1) is 18.6. The topological polar surface area (TPSA) is 97.0 Å². The number of ether oxygens (including phenoxy) is 1. The average molecular weight is 378 g/mol. The van der Waals surface area contributed by atoms with E-state index in [2.05, 4.69) is 9.98 Å². The molecule has 8 nitrogen and oxygen atoms in total. The number of hydrogen-bond acceptors (Lipinski definition) is 6. The molecule has 3 rings (SSSR count). The highest BCUT2D eigenvalue weighted by atomic mass is 32.2. The number of benzene rings is 1. The van der Waals surface area contributed by atoms with Gasteiger partial charge in [-0.15, -0.1) is 0 Å². The second-order valence-corrected chi connectivity index (χ2v) is 8.90. The third kappa shape index (κ3) is 3.37. The summed E-state index contributed by atoms with van der Waals surface area (Å²) in [5, 5.41) is 10.6. The third-order valence-electron chi connectivity index (χ3n) is 4.04. The first-order valence-corrected chi connectivity index (χ1v) is 9.50. The lowest BCUT2D eigenvalue weighted by Crippen LogP contribution is -2.30. The number of hydrogen-bond donors (Lipinski definition) is 1. The zero-order chi connectivity index (χ0) is 19.1. The molecule has 0 radical (unpaired) electrons. The van der Waals surface area contributed by atoms with E-state index >= 15 is 0 Å². The van der Waals surface area contributed by atoms with Crippen molar-refractivity contribution in [2.45, 2.75) is 25.6 Å². The Morgan fingerprint density at radius 3 is 2.46 bits per heavy atom. The van der Waals surface area contributed by atoms with Crippen LogP contribution in [0.15, 0.2) is 41.7 Å². The molecule has 1 N–H and O–H groups in total. The lowest BCUT2D eigenvalue weighted by Gasteiger charge is -2.18. The average Bonchev–Trinajstić information content (AvgIpc) is 3.21. The first-order chi connectivity index (χ1) is 12.1. The Labute approximate surface area is 153 Å². The molecule has 9 heteroatoms. The Hall–Kier alpha value is -2.23. The van der Waals surface area contributed by atoms with Gasteiger partial charge in [0.25, 0.3) is 0 Å². The molecule has 0 amide bonds. The SMILES string of the molecule is CN(C)S(=O)(=O)n1ccnc1C(O)c1ccc(C2=NCC(C)(C)O2)cc1. The van der Waals surface area contributed by atoms with Crippen LogP contribution in [0, 0.1) is 0 Å². The van der Waals surface area contributed by atoms with E-state index in [0.29, 0.717) is 18.0 Å². The zero-order valence-electron chi connectivity index (χ0n) is 15.1. The summed E-state index contributed by atoms with van der Waals surface area (Å²) in [4.78, 5) is 8.40. The normalized spacial score (nSPS) is 17.8. The van der Waals surface area contributed by atoms with Gasteiger partial charge >= 0.3 is 10.2 Å². The molecule has 0 fully saturated rings. The molecule has 0 spiro atoms. The van der Waals surface area contributed by atoms with Crippen molar-refractivity contribution in [2.75, 3.05) is 20.6 Å². The van der Waals surface area contributed by atoms with Crippen molar-refractivity contribution < 1.29 is 18.3 Å². The fourth-order valence-electron chi connectivity index (χ4n) is 2.56. The van der Waals surface area contributed by atoms with E-state index in [4.69, 9.17) is 4.74 Å². The van der Waals surface area contributed by atoms with Crippen LogP contribution in [0.5, 0.6) is 0 Å². The van der Waals surface area contributed by atoms with Crippen LogP contribution in [0.4, 0.5) is 0 Å². The van der Waals surface area contributed by atoms with Gasteiger partial charge in [-0.05, 0) is 31.5 Å². The van der Waals surface area contributed by atoms with Gasteiger partial charge in [-0.2, -0.15) is 12.7 Å². The Morgan fingerprint density at radius 2 is 1.92 bits per heavy atom. The molecule has 2 aromatic rings. The van der Waals surface area contributed by atoms with Crippen LogP contribution in [0.1, 0.15) is 36.9 Å². The van der Waals surface area contributed by atoms with E-state index < -0.39 is 16.3 Å². The van der Waals surface area contributed by atoms with Crippen molar-refractivity contribution in [3.05, 3.63) is 53.6 Å². The summed E-state index contributed by atoms with van der Waals surface area (Å²) in [5.41, 5.74) is 1.00. The number of aliphatic hydroxyl groups excluding tert-OH is 1. The quantitative estimate of drug-likeness (QED) is 0.842. The maximum Gasteiger partial charge on any atom is 0.308 e. The Bertz CT molecular complexity index is 930. The molecule has 0 aliphatic carbocycles. The van der Waals surface area contributed by atoms with Crippen molar-refractivity contribution >= 4 is 16.1 Å². The summed E-state index contributed by atoms with van der Waals surface area (Å²) in [5.74, 6) is 0.592. The van der Waals surface area contributed by atoms with Gasteiger partial charge in [-0.3, -0.25) is 0 Å². The summed E-state index contributed by atoms with van der Waals surface area (Å²) in [6.45, 7) is 4.52. The van der Waals surface area contributed by atoms with Crippen LogP contribution in [-0.2, 0) is 14.9 Å². The molecule has 0 saturated heterocycles. The summed E-state index contributed by atoms with van der Waals surface area (Å²) in [6, 6.07) is 6.98. The molecule has 26 heavy (non-hydrogen) atoms. The highest BCUT2D eigenvalue weighted by Crippen LogP contribution is 2.25. The number of aliphatic imine (C=N–C) groups is 1. The van der Waals surface area contributed by atoms with Crippen LogP contribution in [0.2, 0.25) is 0 Å². The molecule has 0 bridgehead atoms. The van der Waals surface area contributed by atoms with Crippen LogP contribution in [0.3, 0.4) is 0 Å². The minimum absolute atomic E-state index is 0.0297. The largest absolute Gasteiger partial charge is 0.469 e. The molecule has 1 aliphatic rings. The number of rotatable bonds is 5. The van der Waals surface area contributed by atoms with Crippen molar-refractivity contribution in [1.82, 2.24) is 13.3 Å². The second-order valence-electron chi connectivity index (χ2n) is 6.88. The van der Waals surface area contributed by atoms with Gasteiger partial charge in [0.1, 0.15) is 11.7 Å². The van der Waals surface area contributed by atoms with Crippen LogP contribution >= 0.6 is 0 Å². The fourth-order valence-corrected chi connectivity index (χ4v) is 3.50. The summed E-state index contributed by atoms with van der Waals surface area (Å²) in [6.07, 6.45) is 1.47. The number of imidazole rings is 1. The molecule has 1 aromatic carbocycles. The highest BCUT2D eigenvalue weighted by Gasteiger charge is 2.29. The molecule has 1 aliphatic heterocycles. The van der Waals surface area contributed by atoms with Crippen molar-refractivity contribution in [3.8, 4) is 0 Å². The Balaban J connectivity index is 1.87. The third-order valence-corrected chi connectivity index (χ3v) is 5.77. The molecule has 0 saturated carbocycles. The van der Waals surface area contributed by atoms with E-state index in [-0.39, 0.29) is 11.4 Å². The molecule has 140 valence electrons. The van der Waals surface area contributed by atoms with Crippen LogP contribution in [-0.4, -0.2) is 58.9 Å². The minimum atomic E-state index is -3.76. The van der Waals surface area contributed by atoms with Gasteiger partial charge in [0, 0.05) is 32.1 Å². The van der Waals surface area contributed by atoms with Crippen molar-refractivity contribution in [1.29, 1.82) is 0 Å². The summed E-state index contributed by atoms with van der Waals surface area (Å²) in [7, 11) is -0.922. The van der Waals surface area contributed by atoms with Crippen molar-refractivity contribution in [2.24, 2.45) is 4.99 Å². The lowest BCUT2D eigenvalue weighted by atomic mass is 10.1. The molecule has 1 aromatic heterocycles. The number of nitrogens with zero attached hydrogens (tertiary/aromatic N) is 4. The molecule has 1 unspecified atom stereocenters.